The normalized spacial score (nSPS) is 10.6. The van der Waals surface area contributed by atoms with Crippen molar-refractivity contribution in [3.05, 3.63) is 60.2 Å². The Balaban J connectivity index is 1.72. The maximum absolute atomic E-state index is 12.8. The van der Waals surface area contributed by atoms with Crippen molar-refractivity contribution in [2.24, 2.45) is 0 Å². The number of nitrogens with zero attached hydrogens (tertiary/aromatic N) is 4. The van der Waals surface area contributed by atoms with E-state index in [0.29, 0.717) is 31.2 Å². The number of pyridine rings is 1. The SMILES string of the molecule is CCc1nc(-c2cccc(NC(=O)N(CCOC)Cc3ccncc3)c2)n[nH]1. The van der Waals surface area contributed by atoms with Crippen LogP contribution in [0.15, 0.2) is 48.8 Å². The predicted octanol–water partition coefficient (Wildman–Crippen LogP) is 3.11. The summed E-state index contributed by atoms with van der Waals surface area (Å²) in [5.74, 6) is 1.44. The van der Waals surface area contributed by atoms with Gasteiger partial charge in [0.15, 0.2) is 5.82 Å². The Morgan fingerprint density at radius 3 is 2.79 bits per heavy atom. The van der Waals surface area contributed by atoms with Crippen molar-refractivity contribution in [2.45, 2.75) is 19.9 Å². The van der Waals surface area contributed by atoms with E-state index in [1.165, 1.54) is 0 Å². The number of carbonyl (C=O) groups excluding carboxylic acids is 1. The Hall–Kier alpha value is -3.26. The molecule has 146 valence electrons. The van der Waals surface area contributed by atoms with Crippen molar-refractivity contribution in [3.63, 3.8) is 0 Å². The molecule has 0 aliphatic rings. The molecule has 0 saturated heterocycles. The minimum Gasteiger partial charge on any atom is -0.383 e. The zero-order valence-corrected chi connectivity index (χ0v) is 16.1. The molecule has 0 atom stereocenters. The fourth-order valence-electron chi connectivity index (χ4n) is 2.68. The monoisotopic (exact) mass is 380 g/mol. The lowest BCUT2D eigenvalue weighted by molar-refractivity contribution is 0.153. The minimum absolute atomic E-state index is 0.199. The van der Waals surface area contributed by atoms with E-state index in [4.69, 9.17) is 4.74 Å². The van der Waals surface area contributed by atoms with Crippen molar-refractivity contribution in [2.75, 3.05) is 25.6 Å². The molecule has 8 heteroatoms. The van der Waals surface area contributed by atoms with E-state index < -0.39 is 0 Å². The molecule has 0 fully saturated rings. The molecule has 3 aromatic rings. The van der Waals surface area contributed by atoms with E-state index in [2.05, 4.69) is 25.5 Å². The number of anilines is 1. The van der Waals surface area contributed by atoms with E-state index in [9.17, 15) is 4.79 Å². The number of nitrogens with one attached hydrogen (secondary N) is 2. The van der Waals surface area contributed by atoms with E-state index in [1.54, 1.807) is 24.4 Å². The van der Waals surface area contributed by atoms with Gasteiger partial charge in [-0.1, -0.05) is 19.1 Å². The van der Waals surface area contributed by atoms with E-state index in [0.717, 1.165) is 23.4 Å². The quantitative estimate of drug-likeness (QED) is 0.626. The Morgan fingerprint density at radius 1 is 1.25 bits per heavy atom. The summed E-state index contributed by atoms with van der Waals surface area (Å²) in [6.07, 6.45) is 4.21. The van der Waals surface area contributed by atoms with Gasteiger partial charge in [0.2, 0.25) is 0 Å². The first-order chi connectivity index (χ1) is 13.7. The smallest absolute Gasteiger partial charge is 0.322 e. The highest BCUT2D eigenvalue weighted by atomic mass is 16.5. The Kier molecular flexibility index (Phi) is 6.69. The third-order valence-electron chi connectivity index (χ3n) is 4.21. The summed E-state index contributed by atoms with van der Waals surface area (Å²) in [5, 5.41) is 10.1. The van der Waals surface area contributed by atoms with Crippen LogP contribution < -0.4 is 5.32 Å². The molecule has 0 aliphatic carbocycles. The number of carbonyl (C=O) groups is 1. The van der Waals surface area contributed by atoms with Crippen molar-refractivity contribution in [1.82, 2.24) is 25.1 Å². The molecule has 28 heavy (non-hydrogen) atoms. The lowest BCUT2D eigenvalue weighted by atomic mass is 10.2. The van der Waals surface area contributed by atoms with Gasteiger partial charge in [0.25, 0.3) is 0 Å². The number of hydrogen-bond acceptors (Lipinski definition) is 5. The van der Waals surface area contributed by atoms with Crippen LogP contribution in [-0.2, 0) is 17.7 Å². The third-order valence-corrected chi connectivity index (χ3v) is 4.21. The minimum atomic E-state index is -0.199. The summed E-state index contributed by atoms with van der Waals surface area (Å²) < 4.78 is 5.15. The summed E-state index contributed by atoms with van der Waals surface area (Å²) in [6.45, 7) is 3.41. The maximum atomic E-state index is 12.8. The number of aryl methyl sites for hydroxylation is 1. The van der Waals surface area contributed by atoms with Gasteiger partial charge in [-0.25, -0.2) is 9.78 Å². The first-order valence-electron chi connectivity index (χ1n) is 9.15. The number of H-pyrrole nitrogens is 1. The van der Waals surface area contributed by atoms with Gasteiger partial charge in [0.05, 0.1) is 6.61 Å². The molecule has 2 aromatic heterocycles. The number of methoxy groups -OCH3 is 1. The van der Waals surface area contributed by atoms with Gasteiger partial charge in [-0.3, -0.25) is 10.1 Å². The zero-order valence-electron chi connectivity index (χ0n) is 16.1. The maximum Gasteiger partial charge on any atom is 0.322 e. The second kappa shape index (κ2) is 9.61. The second-order valence-electron chi connectivity index (χ2n) is 6.24. The van der Waals surface area contributed by atoms with Crippen molar-refractivity contribution >= 4 is 11.7 Å². The third kappa shape index (κ3) is 5.14. The van der Waals surface area contributed by atoms with Crippen LogP contribution in [0.4, 0.5) is 10.5 Å². The van der Waals surface area contributed by atoms with Crippen LogP contribution in [-0.4, -0.2) is 51.4 Å². The molecule has 8 nitrogen and oxygen atoms in total. The summed E-state index contributed by atoms with van der Waals surface area (Å²) in [5.41, 5.74) is 2.52. The highest BCUT2D eigenvalue weighted by molar-refractivity contribution is 5.90. The van der Waals surface area contributed by atoms with Crippen LogP contribution in [0.1, 0.15) is 18.3 Å². The van der Waals surface area contributed by atoms with Gasteiger partial charge in [-0.15, -0.1) is 0 Å². The second-order valence-corrected chi connectivity index (χ2v) is 6.24. The molecule has 1 aromatic carbocycles. The molecule has 0 aliphatic heterocycles. The van der Waals surface area contributed by atoms with Crippen molar-refractivity contribution in [1.29, 1.82) is 0 Å². The lowest BCUT2D eigenvalue weighted by Crippen LogP contribution is -2.36. The summed E-state index contributed by atoms with van der Waals surface area (Å²) >= 11 is 0. The van der Waals surface area contributed by atoms with E-state index in [-0.39, 0.29) is 6.03 Å². The fraction of sp³-hybridized carbons (Fsp3) is 0.300. The average molecular weight is 380 g/mol. The standard InChI is InChI=1S/C20H24N6O2/c1-3-18-23-19(25-24-18)16-5-4-6-17(13-16)22-20(27)26(11-12-28-2)14-15-7-9-21-10-8-15/h4-10,13H,3,11-12,14H2,1-2H3,(H,22,27)(H,23,24,25). The van der Waals surface area contributed by atoms with Crippen molar-refractivity contribution in [3.8, 4) is 11.4 Å². The highest BCUT2D eigenvalue weighted by Crippen LogP contribution is 2.20. The molecule has 0 saturated carbocycles. The van der Waals surface area contributed by atoms with Gasteiger partial charge in [0, 0.05) is 50.3 Å². The molecule has 2 heterocycles. The van der Waals surface area contributed by atoms with Gasteiger partial charge >= 0.3 is 6.03 Å². The molecule has 2 amide bonds. The van der Waals surface area contributed by atoms with Crippen molar-refractivity contribution < 1.29 is 9.53 Å². The summed E-state index contributed by atoms with van der Waals surface area (Å²) in [7, 11) is 1.62. The van der Waals surface area contributed by atoms with Crippen LogP contribution >= 0.6 is 0 Å². The Bertz CT molecular complexity index is 896. The number of benzene rings is 1. The van der Waals surface area contributed by atoms with Crippen LogP contribution in [0.25, 0.3) is 11.4 Å². The lowest BCUT2D eigenvalue weighted by Gasteiger charge is -2.23. The van der Waals surface area contributed by atoms with E-state index >= 15 is 0 Å². The number of hydrogen-bond donors (Lipinski definition) is 2. The number of urea groups is 1. The zero-order chi connectivity index (χ0) is 19.8. The topological polar surface area (TPSA) is 96.0 Å². The summed E-state index contributed by atoms with van der Waals surface area (Å²) in [6, 6.07) is 11.1. The molecule has 0 spiro atoms. The van der Waals surface area contributed by atoms with Crippen LogP contribution in [0.5, 0.6) is 0 Å². The predicted molar refractivity (Wildman–Crippen MR) is 107 cm³/mol. The first kappa shape index (κ1) is 19.5. The number of rotatable bonds is 8. The summed E-state index contributed by atoms with van der Waals surface area (Å²) in [4.78, 5) is 23.0. The molecular formula is C20H24N6O2. The number of ether oxygens (including phenoxy) is 1. The van der Waals surface area contributed by atoms with Crippen LogP contribution in [0, 0.1) is 0 Å². The van der Waals surface area contributed by atoms with Crippen LogP contribution in [0.2, 0.25) is 0 Å². The molecule has 2 N–H and O–H groups in total. The Morgan fingerprint density at radius 2 is 2.07 bits per heavy atom. The molecular weight excluding hydrogens is 356 g/mol. The van der Waals surface area contributed by atoms with Gasteiger partial charge in [-0.05, 0) is 29.8 Å². The largest absolute Gasteiger partial charge is 0.383 e. The van der Waals surface area contributed by atoms with Gasteiger partial charge < -0.3 is 15.0 Å². The average Bonchev–Trinajstić information content (AvgIpc) is 3.21. The number of amides is 2. The molecule has 0 radical (unpaired) electrons. The molecule has 0 bridgehead atoms. The first-order valence-corrected chi connectivity index (χ1v) is 9.15. The molecule has 0 unspecified atom stereocenters. The highest BCUT2D eigenvalue weighted by Gasteiger charge is 2.15. The molecule has 3 rings (SSSR count). The van der Waals surface area contributed by atoms with Crippen LogP contribution in [0.3, 0.4) is 0 Å². The fourth-order valence-corrected chi connectivity index (χ4v) is 2.68. The number of aromatic nitrogens is 4. The van der Waals surface area contributed by atoms with Gasteiger partial charge in [0.1, 0.15) is 5.82 Å². The van der Waals surface area contributed by atoms with Gasteiger partial charge in [-0.2, -0.15) is 5.10 Å². The number of aromatic amines is 1. The van der Waals surface area contributed by atoms with E-state index in [1.807, 2.05) is 43.3 Å². The Labute approximate surface area is 164 Å².